The van der Waals surface area contributed by atoms with Gasteiger partial charge in [-0.05, 0) is 33.1 Å². The van der Waals surface area contributed by atoms with Crippen molar-refractivity contribution in [3.63, 3.8) is 0 Å². The number of nitrogens with one attached hydrogen (secondary N) is 3. The van der Waals surface area contributed by atoms with E-state index in [1.54, 1.807) is 0 Å². The van der Waals surface area contributed by atoms with Crippen molar-refractivity contribution in [2.24, 2.45) is 5.41 Å². The van der Waals surface area contributed by atoms with Crippen LogP contribution < -0.4 is 15.3 Å². The Balaban J connectivity index is 4.48. The maximum Gasteiger partial charge on any atom is 0.279 e. The first-order valence-electron chi connectivity index (χ1n) is 5.95. The Morgan fingerprint density at radius 3 is 1.62 bits per heavy atom. The standard InChI is InChI=1S/C11H28N3OP/c1-9(2)13-16(15,14-10(3)4)12-8-11(5,6)7/h9-10H,8H2,1-7H3,(H3,12,13,14,15). The van der Waals surface area contributed by atoms with Gasteiger partial charge in [0.05, 0.1) is 0 Å². The van der Waals surface area contributed by atoms with Crippen LogP contribution in [0.25, 0.3) is 0 Å². The summed E-state index contributed by atoms with van der Waals surface area (Å²) >= 11 is 0. The summed E-state index contributed by atoms with van der Waals surface area (Å²) in [5, 5.41) is 9.32. The van der Waals surface area contributed by atoms with Crippen molar-refractivity contribution in [2.45, 2.75) is 60.5 Å². The van der Waals surface area contributed by atoms with Crippen molar-refractivity contribution in [1.82, 2.24) is 15.3 Å². The molecular formula is C11H28N3OP. The molecule has 0 rings (SSSR count). The summed E-state index contributed by atoms with van der Waals surface area (Å²) in [6, 6.07) is 0.370. The summed E-state index contributed by atoms with van der Waals surface area (Å²) in [6.45, 7) is 15.0. The van der Waals surface area contributed by atoms with Gasteiger partial charge in [0.1, 0.15) is 0 Å². The third-order valence-corrected chi connectivity index (χ3v) is 4.08. The van der Waals surface area contributed by atoms with E-state index in [4.69, 9.17) is 0 Å². The van der Waals surface area contributed by atoms with Gasteiger partial charge in [0.15, 0.2) is 0 Å². The molecule has 0 aromatic carbocycles. The molecule has 98 valence electrons. The zero-order chi connectivity index (χ0) is 13.0. The predicted molar refractivity (Wildman–Crippen MR) is 71.6 cm³/mol. The summed E-state index contributed by atoms with van der Waals surface area (Å²) in [6.07, 6.45) is 0. The second kappa shape index (κ2) is 6.15. The summed E-state index contributed by atoms with van der Waals surface area (Å²) in [4.78, 5) is 0. The van der Waals surface area contributed by atoms with E-state index in [0.29, 0.717) is 6.54 Å². The molecule has 0 fully saturated rings. The molecule has 3 N–H and O–H groups in total. The zero-order valence-corrected chi connectivity index (χ0v) is 12.6. The number of rotatable bonds is 6. The van der Waals surface area contributed by atoms with Gasteiger partial charge in [0.2, 0.25) is 0 Å². The highest BCUT2D eigenvalue weighted by molar-refractivity contribution is 7.57. The monoisotopic (exact) mass is 249 g/mol. The molecule has 0 radical (unpaired) electrons. The number of hydrogen-bond acceptors (Lipinski definition) is 1. The minimum Gasteiger partial charge on any atom is -0.271 e. The molecule has 4 nitrogen and oxygen atoms in total. The quantitative estimate of drug-likeness (QED) is 0.634. The molecule has 0 bridgehead atoms. The average molecular weight is 249 g/mol. The van der Waals surface area contributed by atoms with Crippen LogP contribution in [-0.2, 0) is 4.57 Å². The lowest BCUT2D eigenvalue weighted by molar-refractivity contribution is 0.401. The third-order valence-electron chi connectivity index (χ3n) is 1.71. The largest absolute Gasteiger partial charge is 0.279 e. The molecule has 0 aliphatic rings. The van der Waals surface area contributed by atoms with Crippen LogP contribution in [0.3, 0.4) is 0 Å². The molecule has 0 aromatic heterocycles. The predicted octanol–water partition coefficient (Wildman–Crippen LogP) is 2.73. The van der Waals surface area contributed by atoms with E-state index in [2.05, 4.69) is 36.0 Å². The van der Waals surface area contributed by atoms with Gasteiger partial charge in [-0.1, -0.05) is 20.8 Å². The van der Waals surface area contributed by atoms with Crippen molar-refractivity contribution in [2.75, 3.05) is 6.54 Å². The van der Waals surface area contributed by atoms with Gasteiger partial charge in [0.25, 0.3) is 7.59 Å². The molecule has 5 heteroatoms. The minimum absolute atomic E-state index is 0.118. The Kier molecular flexibility index (Phi) is 6.20. The molecular weight excluding hydrogens is 221 g/mol. The first-order chi connectivity index (χ1) is 7.04. The molecule has 16 heavy (non-hydrogen) atoms. The van der Waals surface area contributed by atoms with Crippen molar-refractivity contribution < 1.29 is 4.57 Å². The van der Waals surface area contributed by atoms with Crippen LogP contribution in [0.1, 0.15) is 48.5 Å². The third kappa shape index (κ3) is 8.28. The summed E-state index contributed by atoms with van der Waals surface area (Å²) < 4.78 is 12.5. The van der Waals surface area contributed by atoms with E-state index in [1.165, 1.54) is 0 Å². The first kappa shape index (κ1) is 16.1. The van der Waals surface area contributed by atoms with Crippen LogP contribution in [0.5, 0.6) is 0 Å². The first-order valence-corrected chi connectivity index (χ1v) is 7.65. The maximum absolute atomic E-state index is 12.5. The molecule has 0 aliphatic carbocycles. The second-order valence-corrected chi connectivity index (χ2v) is 8.12. The van der Waals surface area contributed by atoms with Crippen LogP contribution in [0.2, 0.25) is 0 Å². The average Bonchev–Trinajstić information content (AvgIpc) is 1.96. The van der Waals surface area contributed by atoms with E-state index in [0.717, 1.165) is 0 Å². The molecule has 0 amide bonds. The smallest absolute Gasteiger partial charge is 0.271 e. The number of hydrogen-bond donors (Lipinski definition) is 3. The van der Waals surface area contributed by atoms with Crippen molar-refractivity contribution in [3.8, 4) is 0 Å². The molecule has 0 saturated carbocycles. The lowest BCUT2D eigenvalue weighted by Gasteiger charge is -2.29. The van der Waals surface area contributed by atoms with Gasteiger partial charge in [-0.3, -0.25) is 4.57 Å². The highest BCUT2D eigenvalue weighted by Gasteiger charge is 2.25. The van der Waals surface area contributed by atoms with Crippen molar-refractivity contribution in [3.05, 3.63) is 0 Å². The van der Waals surface area contributed by atoms with Crippen LogP contribution in [0.15, 0.2) is 0 Å². The molecule has 0 heterocycles. The van der Waals surface area contributed by atoms with E-state index >= 15 is 0 Å². The SMILES string of the molecule is CC(C)NP(=O)(NCC(C)(C)C)NC(C)C. The molecule has 0 atom stereocenters. The zero-order valence-electron chi connectivity index (χ0n) is 11.7. The highest BCUT2D eigenvalue weighted by Crippen LogP contribution is 2.33. The van der Waals surface area contributed by atoms with Gasteiger partial charge in [-0.2, -0.15) is 0 Å². The van der Waals surface area contributed by atoms with Crippen LogP contribution in [0.4, 0.5) is 0 Å². The normalized spacial score (nSPS) is 13.8. The molecule has 0 unspecified atom stereocenters. The van der Waals surface area contributed by atoms with Gasteiger partial charge < -0.3 is 0 Å². The second-order valence-electron chi connectivity index (χ2n) is 6.07. The fraction of sp³-hybridized carbons (Fsp3) is 1.00. The molecule has 0 saturated heterocycles. The van der Waals surface area contributed by atoms with E-state index in [-0.39, 0.29) is 17.5 Å². The van der Waals surface area contributed by atoms with Crippen LogP contribution >= 0.6 is 7.59 Å². The fourth-order valence-electron chi connectivity index (χ4n) is 1.20. The Morgan fingerprint density at radius 2 is 1.38 bits per heavy atom. The van der Waals surface area contributed by atoms with E-state index in [1.807, 2.05) is 27.7 Å². The molecule has 0 spiro atoms. The Labute approximate surface area is 100 Å². The Bertz CT molecular complexity index is 232. The molecule has 0 aliphatic heterocycles. The molecule has 0 aromatic rings. The Hall–Kier alpha value is 0.110. The van der Waals surface area contributed by atoms with Crippen molar-refractivity contribution >= 4 is 7.59 Å². The van der Waals surface area contributed by atoms with Gasteiger partial charge in [-0.15, -0.1) is 0 Å². The van der Waals surface area contributed by atoms with E-state index in [9.17, 15) is 4.57 Å². The summed E-state index contributed by atoms with van der Waals surface area (Å²) in [5.74, 6) is 0. The van der Waals surface area contributed by atoms with Gasteiger partial charge in [0, 0.05) is 18.6 Å². The summed E-state index contributed by atoms with van der Waals surface area (Å²) in [5.41, 5.74) is 0.118. The topological polar surface area (TPSA) is 53.2 Å². The van der Waals surface area contributed by atoms with Gasteiger partial charge in [-0.25, -0.2) is 15.3 Å². The minimum atomic E-state index is -2.68. The van der Waals surface area contributed by atoms with Crippen LogP contribution in [-0.4, -0.2) is 18.6 Å². The van der Waals surface area contributed by atoms with Gasteiger partial charge >= 0.3 is 0 Å². The maximum atomic E-state index is 12.5. The van der Waals surface area contributed by atoms with E-state index < -0.39 is 7.59 Å². The Morgan fingerprint density at radius 1 is 1.00 bits per heavy atom. The summed E-state index contributed by atoms with van der Waals surface area (Å²) in [7, 11) is -2.68. The van der Waals surface area contributed by atoms with Crippen LogP contribution in [0, 0.1) is 5.41 Å². The fourth-order valence-corrected chi connectivity index (χ4v) is 3.61. The lowest BCUT2D eigenvalue weighted by atomic mass is 9.98. The highest BCUT2D eigenvalue weighted by atomic mass is 31.2. The van der Waals surface area contributed by atoms with Crippen molar-refractivity contribution in [1.29, 1.82) is 0 Å². The lowest BCUT2D eigenvalue weighted by Crippen LogP contribution is -2.40.